The van der Waals surface area contributed by atoms with Crippen LogP contribution >= 0.6 is 0 Å². The third kappa shape index (κ3) is 2.48. The van der Waals surface area contributed by atoms with E-state index in [9.17, 15) is 4.79 Å². The Morgan fingerprint density at radius 1 is 1.64 bits per heavy atom. The van der Waals surface area contributed by atoms with E-state index in [1.807, 2.05) is 0 Å². The molecule has 0 aromatic carbocycles. The van der Waals surface area contributed by atoms with Crippen molar-refractivity contribution in [2.45, 2.75) is 31.4 Å². The molecule has 0 aromatic rings. The highest BCUT2D eigenvalue weighted by molar-refractivity contribution is 5.68. The van der Waals surface area contributed by atoms with E-state index in [1.54, 1.807) is 0 Å². The Bertz CT molecular complexity index is 149. The Morgan fingerprint density at radius 2 is 2.36 bits per heavy atom. The molecule has 1 fully saturated rings. The summed E-state index contributed by atoms with van der Waals surface area (Å²) in [6, 6.07) is 0.0364. The van der Waals surface area contributed by atoms with Gasteiger partial charge in [-0.15, -0.1) is 0 Å². The van der Waals surface area contributed by atoms with Crippen LogP contribution in [0.1, 0.15) is 19.3 Å². The second-order valence-electron chi connectivity index (χ2n) is 2.84. The first-order valence-electron chi connectivity index (χ1n) is 3.79. The molecule has 4 heteroatoms. The monoisotopic (exact) mass is 159 g/mol. The molecular weight excluding hydrogens is 146 g/mol. The molecule has 1 aliphatic carbocycles. The molecule has 0 heterocycles. The maximum absolute atomic E-state index is 10.1. The van der Waals surface area contributed by atoms with Crippen LogP contribution in [-0.2, 0) is 9.53 Å². The largest absolute Gasteiger partial charge is 0.480 e. The topological polar surface area (TPSA) is 72.5 Å². The standard InChI is InChI=1S/C7H13NO3/c8-5-2-1-3-6(5)11-4-7(9)10/h5-6H,1-4,8H2,(H,9,10)/t5-,6+/m0/s1. The van der Waals surface area contributed by atoms with Gasteiger partial charge in [0, 0.05) is 6.04 Å². The van der Waals surface area contributed by atoms with E-state index in [0.29, 0.717) is 0 Å². The lowest BCUT2D eigenvalue weighted by Gasteiger charge is -2.14. The SMILES string of the molecule is N[C@H]1CCC[C@H]1OCC(=O)O. The molecule has 2 atom stereocenters. The average molecular weight is 159 g/mol. The fourth-order valence-corrected chi connectivity index (χ4v) is 1.34. The van der Waals surface area contributed by atoms with Crippen molar-refractivity contribution >= 4 is 5.97 Å². The first kappa shape index (κ1) is 8.49. The fraction of sp³-hybridized carbons (Fsp3) is 0.857. The Labute approximate surface area is 65.3 Å². The summed E-state index contributed by atoms with van der Waals surface area (Å²) in [5, 5.41) is 8.29. The molecule has 0 radical (unpaired) electrons. The Hall–Kier alpha value is -0.610. The molecule has 0 unspecified atom stereocenters. The van der Waals surface area contributed by atoms with Gasteiger partial charge in [-0.05, 0) is 19.3 Å². The van der Waals surface area contributed by atoms with E-state index in [-0.39, 0.29) is 18.8 Å². The molecule has 1 saturated carbocycles. The quantitative estimate of drug-likeness (QED) is 0.606. The van der Waals surface area contributed by atoms with Gasteiger partial charge >= 0.3 is 5.97 Å². The van der Waals surface area contributed by atoms with E-state index in [2.05, 4.69) is 0 Å². The van der Waals surface area contributed by atoms with E-state index in [4.69, 9.17) is 15.6 Å². The Morgan fingerprint density at radius 3 is 2.82 bits per heavy atom. The number of carboxylic acid groups (broad SMARTS) is 1. The predicted octanol–water partition coefficient (Wildman–Crippen LogP) is -0.0326. The molecule has 4 nitrogen and oxygen atoms in total. The van der Waals surface area contributed by atoms with Gasteiger partial charge in [-0.3, -0.25) is 0 Å². The maximum Gasteiger partial charge on any atom is 0.329 e. The van der Waals surface area contributed by atoms with Gasteiger partial charge in [0.15, 0.2) is 0 Å². The molecule has 0 spiro atoms. The molecule has 1 rings (SSSR count). The lowest BCUT2D eigenvalue weighted by atomic mass is 10.2. The van der Waals surface area contributed by atoms with E-state index < -0.39 is 5.97 Å². The van der Waals surface area contributed by atoms with Crippen LogP contribution < -0.4 is 5.73 Å². The zero-order chi connectivity index (χ0) is 8.27. The van der Waals surface area contributed by atoms with Gasteiger partial charge in [-0.25, -0.2) is 4.79 Å². The fourth-order valence-electron chi connectivity index (χ4n) is 1.34. The summed E-state index contributed by atoms with van der Waals surface area (Å²) in [4.78, 5) is 10.1. The van der Waals surface area contributed by atoms with Crippen LogP contribution in [0.3, 0.4) is 0 Å². The molecule has 1 aliphatic rings. The zero-order valence-corrected chi connectivity index (χ0v) is 6.32. The number of hydrogen-bond acceptors (Lipinski definition) is 3. The molecule has 0 bridgehead atoms. The van der Waals surface area contributed by atoms with Crippen LogP contribution in [0.2, 0.25) is 0 Å². The van der Waals surface area contributed by atoms with Crippen LogP contribution in [0.15, 0.2) is 0 Å². The molecule has 64 valence electrons. The van der Waals surface area contributed by atoms with Crippen molar-refractivity contribution in [2.24, 2.45) is 5.73 Å². The van der Waals surface area contributed by atoms with Gasteiger partial charge in [0.05, 0.1) is 6.10 Å². The lowest BCUT2D eigenvalue weighted by Crippen LogP contribution is -2.32. The second kappa shape index (κ2) is 3.69. The van der Waals surface area contributed by atoms with Gasteiger partial charge in [0.2, 0.25) is 0 Å². The third-order valence-electron chi connectivity index (χ3n) is 1.92. The molecule has 0 aromatic heterocycles. The Kier molecular flexibility index (Phi) is 2.84. The third-order valence-corrected chi connectivity index (χ3v) is 1.92. The van der Waals surface area contributed by atoms with Crippen molar-refractivity contribution in [1.29, 1.82) is 0 Å². The van der Waals surface area contributed by atoms with Crippen molar-refractivity contribution in [3.63, 3.8) is 0 Å². The van der Waals surface area contributed by atoms with Crippen molar-refractivity contribution in [3.05, 3.63) is 0 Å². The molecular formula is C7H13NO3. The number of nitrogens with two attached hydrogens (primary N) is 1. The number of aliphatic carboxylic acids is 1. The first-order chi connectivity index (χ1) is 5.20. The van der Waals surface area contributed by atoms with Crippen molar-refractivity contribution in [3.8, 4) is 0 Å². The summed E-state index contributed by atoms with van der Waals surface area (Å²) in [6.45, 7) is -0.224. The molecule has 0 amide bonds. The van der Waals surface area contributed by atoms with E-state index in [1.165, 1.54) is 0 Å². The van der Waals surface area contributed by atoms with Crippen molar-refractivity contribution < 1.29 is 14.6 Å². The van der Waals surface area contributed by atoms with Crippen LogP contribution in [0.5, 0.6) is 0 Å². The Balaban J connectivity index is 2.20. The first-order valence-corrected chi connectivity index (χ1v) is 3.79. The highest BCUT2D eigenvalue weighted by Crippen LogP contribution is 2.19. The summed E-state index contributed by atoms with van der Waals surface area (Å²) in [5.74, 6) is -0.927. The maximum atomic E-state index is 10.1. The van der Waals surface area contributed by atoms with Gasteiger partial charge < -0.3 is 15.6 Å². The minimum atomic E-state index is -0.927. The predicted molar refractivity (Wildman–Crippen MR) is 39.2 cm³/mol. The molecule has 11 heavy (non-hydrogen) atoms. The highest BCUT2D eigenvalue weighted by Gasteiger charge is 2.24. The molecule has 0 saturated heterocycles. The van der Waals surface area contributed by atoms with Crippen LogP contribution in [0.4, 0.5) is 0 Å². The molecule has 3 N–H and O–H groups in total. The zero-order valence-electron chi connectivity index (χ0n) is 6.32. The summed E-state index contributed by atoms with van der Waals surface area (Å²) in [6.07, 6.45) is 2.86. The van der Waals surface area contributed by atoms with E-state index in [0.717, 1.165) is 19.3 Å². The van der Waals surface area contributed by atoms with Crippen LogP contribution in [-0.4, -0.2) is 29.8 Å². The van der Waals surface area contributed by atoms with Gasteiger partial charge in [-0.1, -0.05) is 0 Å². The summed E-state index contributed by atoms with van der Waals surface area (Å²) >= 11 is 0. The minimum absolute atomic E-state index is 0.0360. The second-order valence-corrected chi connectivity index (χ2v) is 2.84. The summed E-state index contributed by atoms with van der Waals surface area (Å²) in [7, 11) is 0. The number of ether oxygens (including phenoxy) is 1. The average Bonchev–Trinajstić information content (AvgIpc) is 2.31. The van der Waals surface area contributed by atoms with Crippen LogP contribution in [0, 0.1) is 0 Å². The number of carbonyl (C=O) groups is 1. The van der Waals surface area contributed by atoms with Crippen LogP contribution in [0.25, 0.3) is 0 Å². The van der Waals surface area contributed by atoms with Crippen molar-refractivity contribution in [1.82, 2.24) is 0 Å². The number of hydrogen-bond donors (Lipinski definition) is 2. The van der Waals surface area contributed by atoms with Gasteiger partial charge in [-0.2, -0.15) is 0 Å². The van der Waals surface area contributed by atoms with E-state index >= 15 is 0 Å². The van der Waals surface area contributed by atoms with Crippen molar-refractivity contribution in [2.75, 3.05) is 6.61 Å². The molecule has 0 aliphatic heterocycles. The van der Waals surface area contributed by atoms with Gasteiger partial charge in [0.1, 0.15) is 6.61 Å². The minimum Gasteiger partial charge on any atom is -0.480 e. The summed E-state index contributed by atoms with van der Waals surface area (Å²) < 4.78 is 5.05. The number of rotatable bonds is 3. The smallest absolute Gasteiger partial charge is 0.329 e. The normalized spacial score (nSPS) is 30.6. The lowest BCUT2D eigenvalue weighted by molar-refractivity contribution is -0.144. The number of carboxylic acids is 1. The summed E-state index contributed by atoms with van der Waals surface area (Å²) in [5.41, 5.74) is 5.65. The highest BCUT2D eigenvalue weighted by atomic mass is 16.5. The van der Waals surface area contributed by atoms with Gasteiger partial charge in [0.25, 0.3) is 0 Å².